The van der Waals surface area contributed by atoms with Gasteiger partial charge in [0.1, 0.15) is 5.82 Å². The first-order valence-corrected chi connectivity index (χ1v) is 11.3. The van der Waals surface area contributed by atoms with E-state index in [1.165, 1.54) is 5.56 Å². The van der Waals surface area contributed by atoms with Crippen LogP contribution in [0.4, 0.5) is 16.6 Å². The lowest BCUT2D eigenvalue weighted by Gasteiger charge is -2.30. The second-order valence-electron chi connectivity index (χ2n) is 8.73. The standard InChI is InChI=1S/C25H32N6O/c1-17-8-4-5-9-18(17)16-26-25(32)28-20-14-12-19(13-15-20)27-24-29-22-11-7-6-10-21(22)23(30-24)31(2)3/h4-11,19-20H,12-16H2,1-3H3,(H2,26,28,32)(H,27,29,30)/t19-,20+. The molecule has 0 radical (unpaired) electrons. The molecule has 7 heteroatoms. The molecule has 0 bridgehead atoms. The van der Waals surface area contributed by atoms with Gasteiger partial charge in [-0.3, -0.25) is 0 Å². The molecule has 3 aromatic rings. The Morgan fingerprint density at radius 3 is 2.41 bits per heavy atom. The maximum Gasteiger partial charge on any atom is 0.315 e. The third-order valence-corrected chi connectivity index (χ3v) is 6.10. The smallest absolute Gasteiger partial charge is 0.315 e. The van der Waals surface area contributed by atoms with Gasteiger partial charge in [-0.2, -0.15) is 4.98 Å². The number of hydrogen-bond acceptors (Lipinski definition) is 5. The number of amides is 2. The zero-order chi connectivity index (χ0) is 22.5. The first-order valence-electron chi connectivity index (χ1n) is 11.3. The largest absolute Gasteiger partial charge is 0.362 e. The zero-order valence-corrected chi connectivity index (χ0v) is 19.1. The fourth-order valence-corrected chi connectivity index (χ4v) is 4.25. The second-order valence-corrected chi connectivity index (χ2v) is 8.73. The van der Waals surface area contributed by atoms with Crippen molar-refractivity contribution in [2.45, 2.75) is 51.2 Å². The number of urea groups is 1. The third kappa shape index (κ3) is 5.28. The average molecular weight is 433 g/mol. The van der Waals surface area contributed by atoms with Crippen LogP contribution in [0.15, 0.2) is 48.5 Å². The van der Waals surface area contributed by atoms with Crippen molar-refractivity contribution in [3.63, 3.8) is 0 Å². The number of para-hydroxylation sites is 1. The van der Waals surface area contributed by atoms with Crippen molar-refractivity contribution in [1.29, 1.82) is 0 Å². The Morgan fingerprint density at radius 1 is 0.969 bits per heavy atom. The molecular weight excluding hydrogens is 400 g/mol. The van der Waals surface area contributed by atoms with E-state index >= 15 is 0 Å². The van der Waals surface area contributed by atoms with Crippen LogP contribution in [0, 0.1) is 6.92 Å². The molecule has 1 fully saturated rings. The highest BCUT2D eigenvalue weighted by atomic mass is 16.2. The number of nitrogens with zero attached hydrogens (tertiary/aromatic N) is 3. The molecule has 0 aliphatic heterocycles. The van der Waals surface area contributed by atoms with Gasteiger partial charge in [0.05, 0.1) is 5.52 Å². The lowest BCUT2D eigenvalue weighted by molar-refractivity contribution is 0.231. The van der Waals surface area contributed by atoms with E-state index in [1.807, 2.05) is 55.4 Å². The molecule has 1 heterocycles. The summed E-state index contributed by atoms with van der Waals surface area (Å²) in [5, 5.41) is 10.7. The quantitative estimate of drug-likeness (QED) is 0.543. The van der Waals surface area contributed by atoms with Crippen LogP contribution in [0.3, 0.4) is 0 Å². The molecule has 32 heavy (non-hydrogen) atoms. The third-order valence-electron chi connectivity index (χ3n) is 6.10. The molecule has 2 amide bonds. The number of nitrogens with one attached hydrogen (secondary N) is 3. The number of anilines is 2. The zero-order valence-electron chi connectivity index (χ0n) is 19.1. The van der Waals surface area contributed by atoms with Gasteiger partial charge < -0.3 is 20.9 Å². The molecule has 1 aliphatic carbocycles. The van der Waals surface area contributed by atoms with E-state index in [-0.39, 0.29) is 12.1 Å². The topological polar surface area (TPSA) is 82.2 Å². The van der Waals surface area contributed by atoms with Crippen LogP contribution in [-0.2, 0) is 6.54 Å². The summed E-state index contributed by atoms with van der Waals surface area (Å²) in [5.74, 6) is 1.58. The van der Waals surface area contributed by atoms with Gasteiger partial charge in [-0.1, -0.05) is 36.4 Å². The molecule has 7 nitrogen and oxygen atoms in total. The lowest BCUT2D eigenvalue weighted by atomic mass is 9.91. The highest BCUT2D eigenvalue weighted by Gasteiger charge is 2.23. The van der Waals surface area contributed by atoms with Crippen LogP contribution >= 0.6 is 0 Å². The van der Waals surface area contributed by atoms with Crippen molar-refractivity contribution in [2.75, 3.05) is 24.3 Å². The molecule has 4 rings (SSSR count). The Hall–Kier alpha value is -3.35. The fraction of sp³-hybridized carbons (Fsp3) is 0.400. The van der Waals surface area contributed by atoms with Crippen LogP contribution in [0.5, 0.6) is 0 Å². The van der Waals surface area contributed by atoms with Crippen LogP contribution in [0.2, 0.25) is 0 Å². The number of carbonyl (C=O) groups excluding carboxylic acids is 1. The minimum atomic E-state index is -0.0989. The highest BCUT2D eigenvalue weighted by molar-refractivity contribution is 5.90. The van der Waals surface area contributed by atoms with Gasteiger partial charge in [-0.25, -0.2) is 9.78 Å². The van der Waals surface area contributed by atoms with E-state index in [2.05, 4.69) is 35.0 Å². The molecule has 1 saturated carbocycles. The SMILES string of the molecule is Cc1ccccc1CNC(=O)N[C@H]1CC[C@@H](Nc2nc(N(C)C)c3ccccc3n2)CC1. The summed E-state index contributed by atoms with van der Waals surface area (Å²) < 4.78 is 0. The number of carbonyl (C=O) groups is 1. The van der Waals surface area contributed by atoms with Crippen molar-refractivity contribution in [3.05, 3.63) is 59.7 Å². The first kappa shape index (κ1) is 21.9. The number of hydrogen-bond donors (Lipinski definition) is 3. The number of aryl methyl sites for hydroxylation is 1. The van der Waals surface area contributed by atoms with Crippen molar-refractivity contribution in [1.82, 2.24) is 20.6 Å². The number of fused-ring (bicyclic) bond motifs is 1. The van der Waals surface area contributed by atoms with Gasteiger partial charge in [0.2, 0.25) is 5.95 Å². The maximum absolute atomic E-state index is 12.3. The van der Waals surface area contributed by atoms with Crippen molar-refractivity contribution in [2.24, 2.45) is 0 Å². The first-order chi connectivity index (χ1) is 15.5. The number of rotatable bonds is 6. The van der Waals surface area contributed by atoms with Crippen molar-refractivity contribution < 1.29 is 4.79 Å². The second kappa shape index (κ2) is 9.85. The molecule has 1 aromatic heterocycles. The van der Waals surface area contributed by atoms with E-state index in [9.17, 15) is 4.79 Å². The Labute approximate surface area is 189 Å². The lowest BCUT2D eigenvalue weighted by Crippen LogP contribution is -2.44. The van der Waals surface area contributed by atoms with Crippen LogP contribution in [0.1, 0.15) is 36.8 Å². The molecule has 2 aromatic carbocycles. The van der Waals surface area contributed by atoms with Crippen LogP contribution in [0.25, 0.3) is 10.9 Å². The number of aromatic nitrogens is 2. The van der Waals surface area contributed by atoms with E-state index < -0.39 is 0 Å². The fourth-order valence-electron chi connectivity index (χ4n) is 4.25. The van der Waals surface area contributed by atoms with Gasteiger partial charge in [-0.15, -0.1) is 0 Å². The van der Waals surface area contributed by atoms with Crippen molar-refractivity contribution in [3.8, 4) is 0 Å². The van der Waals surface area contributed by atoms with Gasteiger partial charge in [0.25, 0.3) is 0 Å². The van der Waals surface area contributed by atoms with Crippen LogP contribution < -0.4 is 20.9 Å². The monoisotopic (exact) mass is 432 g/mol. The normalized spacial score (nSPS) is 18.2. The molecular formula is C25H32N6O. The van der Waals surface area contributed by atoms with Gasteiger partial charge in [-0.05, 0) is 55.9 Å². The van der Waals surface area contributed by atoms with E-state index in [0.717, 1.165) is 48.0 Å². The Kier molecular flexibility index (Phi) is 6.73. The highest BCUT2D eigenvalue weighted by Crippen LogP contribution is 2.26. The Balaban J connectivity index is 1.29. The Bertz CT molecular complexity index is 1070. The maximum atomic E-state index is 12.3. The molecule has 0 saturated heterocycles. The van der Waals surface area contributed by atoms with Crippen LogP contribution in [-0.4, -0.2) is 42.2 Å². The molecule has 168 valence electrons. The van der Waals surface area contributed by atoms with Gasteiger partial charge in [0.15, 0.2) is 0 Å². The van der Waals surface area contributed by atoms with Gasteiger partial charge >= 0.3 is 6.03 Å². The molecule has 1 aliphatic rings. The van der Waals surface area contributed by atoms with Crippen molar-refractivity contribution >= 4 is 28.7 Å². The minimum absolute atomic E-state index is 0.0989. The average Bonchev–Trinajstić information content (AvgIpc) is 2.79. The van der Waals surface area contributed by atoms with E-state index in [0.29, 0.717) is 18.5 Å². The molecule has 0 unspecified atom stereocenters. The summed E-state index contributed by atoms with van der Waals surface area (Å²) in [6, 6.07) is 16.6. The van der Waals surface area contributed by atoms with E-state index in [4.69, 9.17) is 9.97 Å². The predicted molar refractivity (Wildman–Crippen MR) is 130 cm³/mol. The minimum Gasteiger partial charge on any atom is -0.362 e. The summed E-state index contributed by atoms with van der Waals surface area (Å²) >= 11 is 0. The summed E-state index contributed by atoms with van der Waals surface area (Å²) in [6.45, 7) is 2.60. The Morgan fingerprint density at radius 2 is 1.66 bits per heavy atom. The number of benzene rings is 2. The molecule has 0 spiro atoms. The predicted octanol–water partition coefficient (Wildman–Crippen LogP) is 4.23. The van der Waals surface area contributed by atoms with Gasteiger partial charge in [0, 0.05) is 38.1 Å². The molecule has 0 atom stereocenters. The summed E-state index contributed by atoms with van der Waals surface area (Å²) in [6.07, 6.45) is 3.81. The summed E-state index contributed by atoms with van der Waals surface area (Å²) in [4.78, 5) is 23.8. The summed E-state index contributed by atoms with van der Waals surface area (Å²) in [7, 11) is 4.00. The molecule has 3 N–H and O–H groups in total. The van der Waals surface area contributed by atoms with E-state index in [1.54, 1.807) is 0 Å². The summed E-state index contributed by atoms with van der Waals surface area (Å²) in [5.41, 5.74) is 3.27.